The number of amides is 1. The summed E-state index contributed by atoms with van der Waals surface area (Å²) in [5.74, 6) is -0.0970. The smallest absolute Gasteiger partial charge is 0.254 e. The second kappa shape index (κ2) is 9.72. The molecule has 1 saturated carbocycles. The molecule has 0 saturated heterocycles. The molecular weight excluding hydrogens is 372 g/mol. The highest BCUT2D eigenvalue weighted by Crippen LogP contribution is 2.21. The van der Waals surface area contributed by atoms with E-state index in [-0.39, 0.29) is 5.91 Å². The number of benzene rings is 2. The zero-order chi connectivity index (χ0) is 20.8. The lowest BCUT2D eigenvalue weighted by Crippen LogP contribution is -2.38. The first-order valence-corrected chi connectivity index (χ1v) is 10.9. The minimum Gasteiger partial charge on any atom is -0.342 e. The highest BCUT2D eigenvalue weighted by atomic mass is 16.2. The van der Waals surface area contributed by atoms with Crippen LogP contribution in [0.2, 0.25) is 0 Å². The topological polar surface area (TPSA) is 58.4 Å². The molecule has 0 radical (unpaired) electrons. The van der Waals surface area contributed by atoms with Gasteiger partial charge in [0.05, 0.1) is 12.8 Å². The van der Waals surface area contributed by atoms with Crippen LogP contribution >= 0.6 is 0 Å². The maximum atomic E-state index is 12.1. The van der Waals surface area contributed by atoms with E-state index < -0.39 is 0 Å². The number of nitrogens with zero attached hydrogens (tertiary/aromatic N) is 2. The van der Waals surface area contributed by atoms with E-state index in [1.807, 2.05) is 12.1 Å². The molecule has 1 aliphatic carbocycles. The number of para-hydroxylation sites is 1. The molecule has 4 rings (SSSR count). The number of hydrogen-bond acceptors (Lipinski definition) is 3. The molecule has 2 aromatic carbocycles. The number of nitrogens with one attached hydrogen (secondary N) is 2. The van der Waals surface area contributed by atoms with E-state index in [2.05, 4.69) is 69.9 Å². The molecule has 0 aliphatic heterocycles. The van der Waals surface area contributed by atoms with Gasteiger partial charge in [-0.05, 0) is 31.4 Å². The molecule has 0 bridgehead atoms. The predicted octanol–water partition coefficient (Wildman–Crippen LogP) is 4.37. The van der Waals surface area contributed by atoms with Crippen LogP contribution in [0, 0.1) is 6.92 Å². The van der Waals surface area contributed by atoms with Crippen molar-refractivity contribution in [3.8, 4) is 0 Å². The molecule has 30 heavy (non-hydrogen) atoms. The summed E-state index contributed by atoms with van der Waals surface area (Å²) >= 11 is 0. The predicted molar refractivity (Wildman–Crippen MR) is 123 cm³/mol. The van der Waals surface area contributed by atoms with Gasteiger partial charge in [-0.25, -0.2) is 5.43 Å². The molecule has 0 atom stereocenters. The van der Waals surface area contributed by atoms with Crippen molar-refractivity contribution in [2.75, 3.05) is 6.54 Å². The average molecular weight is 403 g/mol. The number of carbonyl (C=O) groups is 1. The van der Waals surface area contributed by atoms with Crippen LogP contribution < -0.4 is 10.7 Å². The molecule has 1 aromatic heterocycles. The first-order valence-electron chi connectivity index (χ1n) is 10.9. The zero-order valence-electron chi connectivity index (χ0n) is 17.6. The average Bonchev–Trinajstić information content (AvgIpc) is 3.12. The number of hydrogen-bond donors (Lipinski definition) is 2. The minimum absolute atomic E-state index is 0.0970. The summed E-state index contributed by atoms with van der Waals surface area (Å²) in [6.07, 6.45) is 9.99. The van der Waals surface area contributed by atoms with E-state index >= 15 is 0 Å². The van der Waals surface area contributed by atoms with Gasteiger partial charge < -0.3 is 9.88 Å². The number of hydrazone groups is 1. The molecule has 1 fully saturated rings. The second-order valence-electron chi connectivity index (χ2n) is 8.22. The Kier molecular flexibility index (Phi) is 6.60. The number of carbonyl (C=O) groups excluding carboxylic acids is 1. The molecule has 0 unspecified atom stereocenters. The Hall–Kier alpha value is -2.92. The summed E-state index contributed by atoms with van der Waals surface area (Å²) in [6, 6.07) is 17.4. The zero-order valence-corrected chi connectivity index (χ0v) is 17.6. The molecule has 2 N–H and O–H groups in total. The van der Waals surface area contributed by atoms with E-state index in [0.717, 1.165) is 35.9 Å². The standard InChI is InChI=1S/C25H30N4O/c1-19-11-13-20(14-12-19)17-29-18-21(23-9-5-6-10-24(23)29)15-27-28-25(30)16-26-22-7-3-2-4-8-22/h5-6,9-15,18,22,26H,2-4,7-8,16-17H2,1H3,(H,28,30)/b27-15-. The Balaban J connectivity index is 1.40. The fourth-order valence-corrected chi connectivity index (χ4v) is 4.16. The van der Waals surface area contributed by atoms with Gasteiger partial charge in [-0.2, -0.15) is 5.10 Å². The molecule has 1 aliphatic rings. The van der Waals surface area contributed by atoms with Crippen molar-refractivity contribution in [3.05, 3.63) is 71.4 Å². The Morgan fingerprint density at radius 1 is 1.10 bits per heavy atom. The van der Waals surface area contributed by atoms with Crippen molar-refractivity contribution < 1.29 is 4.79 Å². The number of rotatable bonds is 7. The van der Waals surface area contributed by atoms with Crippen LogP contribution in [0.3, 0.4) is 0 Å². The van der Waals surface area contributed by atoms with E-state index in [4.69, 9.17) is 0 Å². The van der Waals surface area contributed by atoms with Crippen molar-refractivity contribution in [1.29, 1.82) is 0 Å². The van der Waals surface area contributed by atoms with Gasteiger partial charge in [-0.3, -0.25) is 4.79 Å². The van der Waals surface area contributed by atoms with Gasteiger partial charge in [0, 0.05) is 35.2 Å². The first kappa shape index (κ1) is 20.4. The van der Waals surface area contributed by atoms with Crippen molar-refractivity contribution >= 4 is 23.0 Å². The Morgan fingerprint density at radius 2 is 1.87 bits per heavy atom. The normalized spacial score (nSPS) is 15.1. The third kappa shape index (κ3) is 5.16. The molecule has 156 valence electrons. The highest BCUT2D eigenvalue weighted by molar-refractivity contribution is 5.99. The van der Waals surface area contributed by atoms with E-state index in [1.165, 1.54) is 30.4 Å². The molecule has 5 nitrogen and oxygen atoms in total. The van der Waals surface area contributed by atoms with Gasteiger partial charge in [0.2, 0.25) is 0 Å². The Morgan fingerprint density at radius 3 is 2.67 bits per heavy atom. The van der Waals surface area contributed by atoms with Crippen LogP contribution in [0.1, 0.15) is 48.8 Å². The fraction of sp³-hybridized carbons (Fsp3) is 0.360. The fourth-order valence-electron chi connectivity index (χ4n) is 4.16. The Labute approximate surface area is 178 Å². The highest BCUT2D eigenvalue weighted by Gasteiger charge is 2.13. The molecule has 0 spiro atoms. The van der Waals surface area contributed by atoms with Crippen LogP contribution in [-0.2, 0) is 11.3 Å². The second-order valence-corrected chi connectivity index (χ2v) is 8.22. The molecule has 1 heterocycles. The molecule has 5 heteroatoms. The summed E-state index contributed by atoms with van der Waals surface area (Å²) in [7, 11) is 0. The van der Waals surface area contributed by atoms with E-state index in [9.17, 15) is 4.79 Å². The van der Waals surface area contributed by atoms with Gasteiger partial charge in [0.25, 0.3) is 5.91 Å². The summed E-state index contributed by atoms with van der Waals surface area (Å²) in [4.78, 5) is 12.1. The SMILES string of the molecule is Cc1ccc(Cn2cc(/C=N\NC(=O)CNC3CCCCC3)c3ccccc32)cc1. The summed E-state index contributed by atoms with van der Waals surface area (Å²) in [5, 5.41) is 8.68. The van der Waals surface area contributed by atoms with Gasteiger partial charge in [-0.15, -0.1) is 0 Å². The van der Waals surface area contributed by atoms with E-state index in [1.54, 1.807) is 6.21 Å². The van der Waals surface area contributed by atoms with Crippen LogP contribution in [0.4, 0.5) is 0 Å². The molecule has 1 amide bonds. The van der Waals surface area contributed by atoms with Gasteiger partial charge >= 0.3 is 0 Å². The minimum atomic E-state index is -0.0970. The summed E-state index contributed by atoms with van der Waals surface area (Å²) < 4.78 is 2.23. The first-order chi connectivity index (χ1) is 14.7. The number of aryl methyl sites for hydroxylation is 1. The largest absolute Gasteiger partial charge is 0.342 e. The number of fused-ring (bicyclic) bond motifs is 1. The third-order valence-electron chi connectivity index (χ3n) is 5.84. The number of aromatic nitrogens is 1. The van der Waals surface area contributed by atoms with E-state index in [0.29, 0.717) is 12.6 Å². The van der Waals surface area contributed by atoms with Crippen LogP contribution in [0.5, 0.6) is 0 Å². The van der Waals surface area contributed by atoms with Crippen molar-refractivity contribution in [3.63, 3.8) is 0 Å². The van der Waals surface area contributed by atoms with Crippen LogP contribution in [0.15, 0.2) is 59.8 Å². The van der Waals surface area contributed by atoms with Gasteiger partial charge in [-0.1, -0.05) is 67.3 Å². The van der Waals surface area contributed by atoms with Crippen LogP contribution in [0.25, 0.3) is 10.9 Å². The summed E-state index contributed by atoms with van der Waals surface area (Å²) in [6.45, 7) is 3.21. The Bertz CT molecular complexity index is 1010. The van der Waals surface area contributed by atoms with Crippen molar-refractivity contribution in [1.82, 2.24) is 15.3 Å². The molecule has 3 aromatic rings. The van der Waals surface area contributed by atoms with Crippen LogP contribution in [-0.4, -0.2) is 29.3 Å². The monoisotopic (exact) mass is 402 g/mol. The van der Waals surface area contributed by atoms with Gasteiger partial charge in [0.15, 0.2) is 0 Å². The molecular formula is C25H30N4O. The quantitative estimate of drug-likeness (QED) is 0.455. The lowest BCUT2D eigenvalue weighted by atomic mass is 9.95. The van der Waals surface area contributed by atoms with Gasteiger partial charge in [0.1, 0.15) is 0 Å². The third-order valence-corrected chi connectivity index (χ3v) is 5.84. The van der Waals surface area contributed by atoms with Crippen molar-refractivity contribution in [2.24, 2.45) is 5.10 Å². The summed E-state index contributed by atoms with van der Waals surface area (Å²) in [5.41, 5.74) is 7.33. The van der Waals surface area contributed by atoms with Crippen molar-refractivity contribution in [2.45, 2.75) is 51.6 Å². The lowest BCUT2D eigenvalue weighted by molar-refractivity contribution is -0.120. The lowest BCUT2D eigenvalue weighted by Gasteiger charge is -2.22. The maximum Gasteiger partial charge on any atom is 0.254 e. The maximum absolute atomic E-state index is 12.1.